The minimum atomic E-state index is -2.88. The van der Waals surface area contributed by atoms with Gasteiger partial charge in [0.05, 0.1) is 0 Å². The Balaban J connectivity index is 1.97. The first-order chi connectivity index (χ1) is 14.8. The Hall–Kier alpha value is -1.79. The van der Waals surface area contributed by atoms with E-state index in [2.05, 4.69) is 121 Å². The Morgan fingerprint density at radius 3 is 0.867 bits per heavy atom. The fraction of sp³-hybridized carbons (Fsp3) is 0.0741. The average Bonchev–Trinajstić information content (AvgIpc) is 2.81. The molecule has 0 amide bonds. The predicted octanol–water partition coefficient (Wildman–Crippen LogP) is 7.75. The van der Waals surface area contributed by atoms with Gasteiger partial charge < -0.3 is 0 Å². The van der Waals surface area contributed by atoms with Crippen molar-refractivity contribution in [2.75, 3.05) is 0 Å². The second kappa shape index (κ2) is 10.5. The van der Waals surface area contributed by atoms with Gasteiger partial charge in [-0.25, -0.2) is 0 Å². The van der Waals surface area contributed by atoms with Gasteiger partial charge in [-0.1, -0.05) is 0 Å². The number of benzene rings is 4. The standard InChI is InChI=1S/C27H22.2ClH.Zr/c1-5-13-22(14-6-1)26(23-15-7-2-8-16-23)21-27(24-17-9-3-10-18-24)25-19-11-4-12-20-25;;;/h1-20,26-27H;2*1H;/q;;;+2/p-2. The van der Waals surface area contributed by atoms with Crippen molar-refractivity contribution >= 4 is 20.2 Å². The molecular formula is C27H22Cl2Zr. The van der Waals surface area contributed by atoms with Gasteiger partial charge in [0.1, 0.15) is 0 Å². The number of hydrogen-bond acceptors (Lipinski definition) is 0. The monoisotopic (exact) mass is 506 g/mol. The van der Waals surface area contributed by atoms with Crippen LogP contribution < -0.4 is 0 Å². The number of hydrogen-bond donors (Lipinski definition) is 0. The summed E-state index contributed by atoms with van der Waals surface area (Å²) in [6.45, 7) is 0. The summed E-state index contributed by atoms with van der Waals surface area (Å²) in [5.74, 6) is 0.115. The Morgan fingerprint density at radius 2 is 0.667 bits per heavy atom. The quantitative estimate of drug-likeness (QED) is 0.250. The Kier molecular flexibility index (Phi) is 7.50. The van der Waals surface area contributed by atoms with Crippen molar-refractivity contribution in [3.8, 4) is 0 Å². The van der Waals surface area contributed by atoms with Crippen molar-refractivity contribution in [1.29, 1.82) is 0 Å². The van der Waals surface area contributed by atoms with Crippen LogP contribution in [0.15, 0.2) is 121 Å². The molecule has 0 bridgehead atoms. The zero-order chi connectivity index (χ0) is 20.8. The van der Waals surface area contributed by atoms with Crippen LogP contribution >= 0.6 is 17.0 Å². The van der Waals surface area contributed by atoms with Gasteiger partial charge in [0.25, 0.3) is 0 Å². The Labute approximate surface area is 193 Å². The van der Waals surface area contributed by atoms with Gasteiger partial charge in [-0.2, -0.15) is 0 Å². The summed E-state index contributed by atoms with van der Waals surface area (Å²) in [7, 11) is 13.9. The van der Waals surface area contributed by atoms with Crippen LogP contribution in [0.1, 0.15) is 34.1 Å². The summed E-state index contributed by atoms with van der Waals surface area (Å²) in [5.41, 5.74) is 4.93. The molecule has 0 N–H and O–H groups in total. The van der Waals surface area contributed by atoms with Crippen LogP contribution in [0.5, 0.6) is 0 Å². The van der Waals surface area contributed by atoms with Crippen molar-refractivity contribution in [3.63, 3.8) is 0 Å². The second-order valence-corrected chi connectivity index (χ2v) is 15.5. The van der Waals surface area contributed by atoms with Gasteiger partial charge in [0.15, 0.2) is 0 Å². The molecule has 0 saturated heterocycles. The first-order valence-corrected chi connectivity index (χ1v) is 17.6. The van der Waals surface area contributed by atoms with Gasteiger partial charge in [0.2, 0.25) is 0 Å². The molecule has 0 spiro atoms. The van der Waals surface area contributed by atoms with Gasteiger partial charge in [-0.3, -0.25) is 0 Å². The Bertz CT molecular complexity index is 927. The average molecular weight is 509 g/mol. The van der Waals surface area contributed by atoms with Crippen LogP contribution in [0.25, 0.3) is 0 Å². The maximum atomic E-state index is 6.96. The molecular weight excluding hydrogens is 486 g/mol. The normalized spacial score (nSPS) is 10.9. The molecule has 4 aromatic rings. The summed E-state index contributed by atoms with van der Waals surface area (Å²) in [5, 5.41) is 0. The minimum absolute atomic E-state index is 0.0576. The molecule has 0 atom stereocenters. The van der Waals surface area contributed by atoms with Crippen LogP contribution in [-0.4, -0.2) is 3.21 Å². The molecule has 0 radical (unpaired) electrons. The molecule has 0 aliphatic carbocycles. The summed E-state index contributed by atoms with van der Waals surface area (Å²) in [6, 6.07) is 42.4. The van der Waals surface area contributed by atoms with Gasteiger partial charge in [-0.15, -0.1) is 0 Å². The third-order valence-electron chi connectivity index (χ3n) is 5.37. The van der Waals surface area contributed by atoms with E-state index in [0.717, 1.165) is 0 Å². The van der Waals surface area contributed by atoms with E-state index >= 15 is 0 Å². The van der Waals surface area contributed by atoms with E-state index in [1.165, 1.54) is 25.5 Å². The Morgan fingerprint density at radius 1 is 0.433 bits per heavy atom. The predicted molar refractivity (Wildman–Crippen MR) is 126 cm³/mol. The molecule has 4 aromatic carbocycles. The van der Waals surface area contributed by atoms with E-state index in [0.29, 0.717) is 0 Å². The molecule has 0 fully saturated rings. The number of rotatable bonds is 6. The van der Waals surface area contributed by atoms with Crippen LogP contribution in [0.4, 0.5) is 0 Å². The molecule has 30 heavy (non-hydrogen) atoms. The van der Waals surface area contributed by atoms with E-state index < -0.39 is 18.9 Å². The fourth-order valence-corrected chi connectivity index (χ4v) is 9.36. The van der Waals surface area contributed by atoms with E-state index in [1.807, 2.05) is 0 Å². The van der Waals surface area contributed by atoms with Crippen LogP contribution in [0, 0.1) is 0 Å². The summed E-state index contributed by atoms with van der Waals surface area (Å²) >= 11 is -2.88. The van der Waals surface area contributed by atoms with Crippen LogP contribution in [0.3, 0.4) is 0 Å². The first kappa shape index (κ1) is 21.4. The van der Waals surface area contributed by atoms with Crippen molar-refractivity contribution in [3.05, 3.63) is 144 Å². The molecule has 0 aromatic heterocycles. The molecule has 3 heteroatoms. The first-order valence-electron chi connectivity index (χ1n) is 10.0. The van der Waals surface area contributed by atoms with Gasteiger partial charge >= 0.3 is 195 Å². The van der Waals surface area contributed by atoms with E-state index in [9.17, 15) is 0 Å². The van der Waals surface area contributed by atoms with Crippen molar-refractivity contribution in [1.82, 2.24) is 0 Å². The summed E-state index contributed by atoms with van der Waals surface area (Å²) < 4.78 is 1.26. The topological polar surface area (TPSA) is 0 Å². The van der Waals surface area contributed by atoms with Crippen molar-refractivity contribution in [2.24, 2.45) is 0 Å². The van der Waals surface area contributed by atoms with Gasteiger partial charge in [0, 0.05) is 0 Å². The number of halogens is 2. The summed E-state index contributed by atoms with van der Waals surface area (Å²) in [4.78, 5) is 0. The van der Waals surface area contributed by atoms with Crippen molar-refractivity contribution in [2.45, 2.75) is 11.8 Å². The van der Waals surface area contributed by atoms with Crippen LogP contribution in [-0.2, 0) is 18.9 Å². The molecule has 0 aliphatic heterocycles. The third-order valence-corrected chi connectivity index (χ3v) is 10.4. The zero-order valence-corrected chi connectivity index (χ0v) is 20.4. The fourth-order valence-electron chi connectivity index (χ4n) is 4.07. The molecule has 0 aliphatic rings. The third kappa shape index (κ3) is 4.92. The maximum absolute atomic E-state index is 6.96. The molecule has 0 heterocycles. The van der Waals surface area contributed by atoms with Crippen molar-refractivity contribution < 1.29 is 18.9 Å². The van der Waals surface area contributed by atoms with E-state index in [1.54, 1.807) is 0 Å². The molecule has 0 saturated carbocycles. The summed E-state index contributed by atoms with van der Waals surface area (Å²) in [6.07, 6.45) is 0. The zero-order valence-electron chi connectivity index (χ0n) is 16.5. The SMILES string of the molecule is [Cl][Zr]([Cl])=[C](C(c1ccccc1)c1ccccc1)C(c1ccccc1)c1ccccc1. The van der Waals surface area contributed by atoms with E-state index in [-0.39, 0.29) is 11.8 Å². The van der Waals surface area contributed by atoms with Crippen LogP contribution in [0.2, 0.25) is 0 Å². The molecule has 148 valence electrons. The molecule has 4 rings (SSSR count). The second-order valence-electron chi connectivity index (χ2n) is 7.22. The molecule has 0 nitrogen and oxygen atoms in total. The van der Waals surface area contributed by atoms with E-state index in [4.69, 9.17) is 17.0 Å². The van der Waals surface area contributed by atoms with Gasteiger partial charge in [-0.05, 0) is 0 Å². The molecule has 0 unspecified atom stereocenters.